The van der Waals surface area contributed by atoms with Gasteiger partial charge < -0.3 is 39.0 Å². The van der Waals surface area contributed by atoms with Gasteiger partial charge in [0, 0.05) is 48.4 Å². The number of H-pyrrole nitrogens is 2. The molecular formula is C44H47N9O11S2. The Morgan fingerprint density at radius 3 is 1.58 bits per heavy atom. The van der Waals surface area contributed by atoms with Crippen LogP contribution < -0.4 is 35.0 Å². The second-order valence-electron chi connectivity index (χ2n) is 16.0. The number of hydrogen-bond acceptors (Lipinski definition) is 15. The average molecular weight is 942 g/mol. The van der Waals surface area contributed by atoms with Crippen LogP contribution in [0, 0.1) is 17.8 Å². The number of rotatable bonds is 16. The van der Waals surface area contributed by atoms with E-state index >= 15 is 0 Å². The number of fused-ring (bicyclic) bond motifs is 2. The summed E-state index contributed by atoms with van der Waals surface area (Å²) in [6.07, 6.45) is 4.93. The highest BCUT2D eigenvalue weighted by molar-refractivity contribution is 7.87. The van der Waals surface area contributed by atoms with Gasteiger partial charge >= 0.3 is 26.2 Å². The molecule has 0 spiro atoms. The van der Waals surface area contributed by atoms with Gasteiger partial charge in [-0.25, -0.2) is 9.97 Å². The molecule has 6 aromatic rings. The van der Waals surface area contributed by atoms with Crippen LogP contribution in [0.25, 0.3) is 22.1 Å². The monoisotopic (exact) mass is 941 g/mol. The van der Waals surface area contributed by atoms with Gasteiger partial charge in [-0.15, -0.1) is 0 Å². The molecule has 0 atom stereocenters. The van der Waals surface area contributed by atoms with Crippen molar-refractivity contribution in [2.75, 3.05) is 47.1 Å². The fraction of sp³-hybridized carbons (Fsp3) is 0.318. The number of piperidine rings is 1. The third-order valence-electron chi connectivity index (χ3n) is 10.9. The zero-order valence-electron chi connectivity index (χ0n) is 35.6. The first-order valence-electron chi connectivity index (χ1n) is 21.3. The van der Waals surface area contributed by atoms with Crippen molar-refractivity contribution in [3.05, 3.63) is 84.9 Å². The van der Waals surface area contributed by atoms with Crippen molar-refractivity contribution in [3.8, 4) is 11.5 Å². The smallest absolute Gasteiger partial charge is 0.339 e. The number of carbonyl (C=O) groups is 4. The molecule has 1 aliphatic heterocycles. The van der Waals surface area contributed by atoms with Crippen molar-refractivity contribution in [1.29, 1.82) is 0 Å². The van der Waals surface area contributed by atoms with E-state index < -0.39 is 26.1 Å². The minimum Gasteiger partial charge on any atom is -0.466 e. The maximum Gasteiger partial charge on any atom is 0.339 e. The molecule has 20 nitrogen and oxygen atoms in total. The number of aromatic nitrogens is 4. The van der Waals surface area contributed by atoms with E-state index in [0.29, 0.717) is 72.2 Å². The largest absolute Gasteiger partial charge is 0.466 e. The molecule has 3 fully saturated rings. The summed E-state index contributed by atoms with van der Waals surface area (Å²) in [5.74, 6) is 0.00845. The third-order valence-corrected chi connectivity index (χ3v) is 13.4. The molecular weight excluding hydrogens is 895 g/mol. The number of primary amides is 1. The molecule has 3 heterocycles. The molecule has 2 aromatic heterocycles. The molecule has 1 saturated heterocycles. The lowest BCUT2D eigenvalue weighted by atomic mass is 9.96. The molecule has 3 amide bonds. The SMILES string of the molecule is CCOC(=O)C1CCN(c2ccc(S(=O)(=O)Oc3ccc4[nH]c(NC(=O)C5CC5)nc4c3)cc2)CC1.NC(=O)CNc1ccc(S(=O)(=O)Oc2ccc3[nH]c(NC(=O)C4CC4)nc3c2)cc1. The Morgan fingerprint density at radius 1 is 0.667 bits per heavy atom. The number of nitrogens with zero attached hydrogens (tertiary/aromatic N) is 3. The molecule has 4 aromatic carbocycles. The number of nitrogens with two attached hydrogens (primary N) is 1. The summed E-state index contributed by atoms with van der Waals surface area (Å²) in [5, 5.41) is 8.22. The fourth-order valence-corrected chi connectivity index (χ4v) is 8.90. The van der Waals surface area contributed by atoms with E-state index in [1.807, 2.05) is 0 Å². The molecule has 66 heavy (non-hydrogen) atoms. The second-order valence-corrected chi connectivity index (χ2v) is 19.1. The van der Waals surface area contributed by atoms with Crippen LogP contribution >= 0.6 is 0 Å². The Bertz CT molecular complexity index is 3000. The van der Waals surface area contributed by atoms with Crippen molar-refractivity contribution in [3.63, 3.8) is 0 Å². The Morgan fingerprint density at radius 2 is 1.14 bits per heavy atom. The number of nitrogens with one attached hydrogen (secondary N) is 5. The Hall–Kier alpha value is -7.20. The van der Waals surface area contributed by atoms with E-state index in [-0.39, 0.29) is 63.4 Å². The summed E-state index contributed by atoms with van der Waals surface area (Å²) in [7, 11) is -8.13. The summed E-state index contributed by atoms with van der Waals surface area (Å²) in [5.41, 5.74) is 8.72. The lowest BCUT2D eigenvalue weighted by Crippen LogP contribution is -2.36. The summed E-state index contributed by atoms with van der Waals surface area (Å²) < 4.78 is 66.5. The van der Waals surface area contributed by atoms with Crippen LogP contribution in [-0.4, -0.2) is 86.7 Å². The van der Waals surface area contributed by atoms with Crippen molar-refractivity contribution in [1.82, 2.24) is 19.9 Å². The van der Waals surface area contributed by atoms with Crippen LogP contribution in [0.2, 0.25) is 0 Å². The lowest BCUT2D eigenvalue weighted by Gasteiger charge is -2.32. The number of ether oxygens (including phenoxy) is 1. The number of hydrogen-bond donors (Lipinski definition) is 6. The van der Waals surface area contributed by atoms with Gasteiger partial charge in [-0.3, -0.25) is 29.8 Å². The van der Waals surface area contributed by atoms with Crippen LogP contribution in [0.4, 0.5) is 23.3 Å². The molecule has 0 bridgehead atoms. The normalized spacial score (nSPS) is 15.3. The quantitative estimate of drug-likeness (QED) is 0.0548. The predicted molar refractivity (Wildman–Crippen MR) is 243 cm³/mol. The van der Waals surface area contributed by atoms with Crippen LogP contribution in [0.15, 0.2) is 94.7 Å². The van der Waals surface area contributed by atoms with Gasteiger partial charge in [0.1, 0.15) is 21.3 Å². The number of anilines is 4. The molecule has 22 heteroatoms. The molecule has 7 N–H and O–H groups in total. The van der Waals surface area contributed by atoms with E-state index in [4.69, 9.17) is 18.8 Å². The highest BCUT2D eigenvalue weighted by atomic mass is 32.2. The van der Waals surface area contributed by atoms with Gasteiger partial charge in [0.15, 0.2) is 0 Å². The van der Waals surface area contributed by atoms with E-state index in [1.165, 1.54) is 60.7 Å². The average Bonchev–Trinajstić information content (AvgIpc) is 4.24. The molecule has 2 saturated carbocycles. The molecule has 346 valence electrons. The zero-order chi connectivity index (χ0) is 46.6. The Kier molecular flexibility index (Phi) is 13.1. The number of carbonyl (C=O) groups excluding carboxylic acids is 4. The van der Waals surface area contributed by atoms with Crippen LogP contribution in [0.3, 0.4) is 0 Å². The van der Waals surface area contributed by atoms with Crippen LogP contribution in [0.1, 0.15) is 45.4 Å². The standard InChI is InChI=1S/C25H28N4O6S.C19H19N5O5S/c1-2-34-24(31)17-11-13-29(14-12-17)18-5-8-20(9-6-18)36(32,33)35-19-7-10-21-22(15-19)27-25(26-21)28-23(30)16-3-4-16;20-17(25)10-21-12-3-6-14(7-4-12)30(27,28)29-13-5-8-15-16(9-13)23-19(22-15)24-18(26)11-1-2-11/h5-10,15-17H,2-4,11-14H2,1H3,(H2,26,27,28,30);3-9,11,21H,1-2,10H2,(H2,20,25)(H2,22,23,24,26). The maximum absolute atomic E-state index is 12.9. The molecule has 9 rings (SSSR count). The van der Waals surface area contributed by atoms with Gasteiger partial charge in [-0.05, 0) is 118 Å². The van der Waals surface area contributed by atoms with Gasteiger partial charge in [-0.2, -0.15) is 16.8 Å². The summed E-state index contributed by atoms with van der Waals surface area (Å²) in [6.45, 7) is 3.51. The third kappa shape index (κ3) is 11.4. The van der Waals surface area contributed by atoms with E-state index in [9.17, 15) is 36.0 Å². The van der Waals surface area contributed by atoms with Crippen molar-refractivity contribution in [2.45, 2.75) is 55.2 Å². The van der Waals surface area contributed by atoms with Crippen molar-refractivity contribution >= 4 is 89.3 Å². The predicted octanol–water partition coefficient (Wildman–Crippen LogP) is 5.03. The highest BCUT2D eigenvalue weighted by Crippen LogP contribution is 2.32. The number of amides is 3. The summed E-state index contributed by atoms with van der Waals surface area (Å²) in [4.78, 5) is 63.2. The maximum atomic E-state index is 12.9. The first-order chi connectivity index (χ1) is 31.6. The van der Waals surface area contributed by atoms with Gasteiger partial charge in [-0.1, -0.05) is 0 Å². The van der Waals surface area contributed by atoms with Crippen LogP contribution in [-0.2, 0) is 44.2 Å². The molecule has 3 aliphatic rings. The van der Waals surface area contributed by atoms with E-state index in [2.05, 4.69) is 40.8 Å². The Labute approximate surface area is 379 Å². The number of imidazole rings is 2. The first-order valence-corrected chi connectivity index (χ1v) is 24.1. The second kappa shape index (κ2) is 19.1. The number of esters is 1. The Balaban J connectivity index is 0.000000182. The minimum absolute atomic E-state index is 0.0344. The lowest BCUT2D eigenvalue weighted by molar-refractivity contribution is -0.148. The molecule has 0 radical (unpaired) electrons. The highest BCUT2D eigenvalue weighted by Gasteiger charge is 2.31. The van der Waals surface area contributed by atoms with Crippen molar-refractivity contribution < 1.29 is 49.1 Å². The summed E-state index contributed by atoms with van der Waals surface area (Å²) >= 11 is 0. The minimum atomic E-state index is -4.07. The van der Waals surface area contributed by atoms with Gasteiger partial charge in [0.05, 0.1) is 41.1 Å². The summed E-state index contributed by atoms with van der Waals surface area (Å²) in [6, 6.07) is 21.5. The number of aromatic amines is 2. The van der Waals surface area contributed by atoms with Gasteiger partial charge in [0.2, 0.25) is 29.6 Å². The van der Waals surface area contributed by atoms with Gasteiger partial charge in [0.25, 0.3) is 0 Å². The topological polar surface area (TPSA) is 287 Å². The zero-order valence-corrected chi connectivity index (χ0v) is 37.2. The molecule has 2 aliphatic carbocycles. The van der Waals surface area contributed by atoms with Crippen molar-refractivity contribution in [2.24, 2.45) is 23.5 Å². The number of benzene rings is 4. The molecule has 0 unspecified atom stereocenters. The van der Waals surface area contributed by atoms with Crippen LogP contribution in [0.5, 0.6) is 11.5 Å². The fourth-order valence-electron chi connectivity index (χ4n) is 7.06. The van der Waals surface area contributed by atoms with E-state index in [1.54, 1.807) is 31.2 Å². The van der Waals surface area contributed by atoms with E-state index in [0.717, 1.165) is 31.4 Å². The first kappa shape index (κ1) is 45.4.